The highest BCUT2D eigenvalue weighted by molar-refractivity contribution is 5.81. The van der Waals surface area contributed by atoms with Crippen LogP contribution >= 0.6 is 0 Å². The standard InChI is InChI=1S/C7H12O3/c1-5-6(8)10-7(2,3)9-4/h5H,1H2,2-4H3. The Labute approximate surface area is 60.6 Å². The zero-order valence-electron chi connectivity index (χ0n) is 6.51. The first-order chi connectivity index (χ1) is 4.52. The summed E-state index contributed by atoms with van der Waals surface area (Å²) in [6, 6.07) is 0. The first kappa shape index (κ1) is 9.17. The molecule has 3 nitrogen and oxygen atoms in total. The SMILES string of the molecule is C=CC(=O)OC(C)(C)OC. The quantitative estimate of drug-likeness (QED) is 0.338. The zero-order chi connectivity index (χ0) is 8.20. The monoisotopic (exact) mass is 144 g/mol. The van der Waals surface area contributed by atoms with Crippen molar-refractivity contribution in [2.75, 3.05) is 7.11 Å². The Morgan fingerprint density at radius 2 is 2.10 bits per heavy atom. The first-order valence-electron chi connectivity index (χ1n) is 2.92. The highest BCUT2D eigenvalue weighted by Crippen LogP contribution is 2.08. The van der Waals surface area contributed by atoms with Gasteiger partial charge in [-0.2, -0.15) is 0 Å². The van der Waals surface area contributed by atoms with Gasteiger partial charge in [-0.15, -0.1) is 0 Å². The Hall–Kier alpha value is -0.830. The van der Waals surface area contributed by atoms with Crippen LogP contribution in [-0.4, -0.2) is 18.9 Å². The van der Waals surface area contributed by atoms with Crippen LogP contribution in [0.2, 0.25) is 0 Å². The summed E-state index contributed by atoms with van der Waals surface area (Å²) in [4.78, 5) is 10.6. The van der Waals surface area contributed by atoms with E-state index in [1.807, 2.05) is 0 Å². The molecule has 0 saturated heterocycles. The summed E-state index contributed by atoms with van der Waals surface area (Å²) < 4.78 is 9.58. The highest BCUT2D eigenvalue weighted by Gasteiger charge is 2.19. The normalized spacial score (nSPS) is 10.7. The number of esters is 1. The molecule has 0 atom stereocenters. The number of hydrogen-bond acceptors (Lipinski definition) is 3. The Morgan fingerprint density at radius 1 is 1.60 bits per heavy atom. The van der Waals surface area contributed by atoms with Gasteiger partial charge in [0.05, 0.1) is 0 Å². The van der Waals surface area contributed by atoms with E-state index in [9.17, 15) is 4.79 Å². The maximum absolute atomic E-state index is 10.6. The van der Waals surface area contributed by atoms with E-state index in [0.29, 0.717) is 0 Å². The van der Waals surface area contributed by atoms with Gasteiger partial charge in [0.25, 0.3) is 0 Å². The van der Waals surface area contributed by atoms with Gasteiger partial charge in [0.1, 0.15) is 0 Å². The van der Waals surface area contributed by atoms with Gasteiger partial charge in [0.2, 0.25) is 5.79 Å². The van der Waals surface area contributed by atoms with E-state index in [4.69, 9.17) is 9.47 Å². The van der Waals surface area contributed by atoms with Crippen LogP contribution < -0.4 is 0 Å². The minimum Gasteiger partial charge on any atom is -0.431 e. The van der Waals surface area contributed by atoms with Crippen molar-refractivity contribution in [3.8, 4) is 0 Å². The molecule has 0 fully saturated rings. The molecule has 0 radical (unpaired) electrons. The molecule has 0 aromatic carbocycles. The molecule has 0 heterocycles. The van der Waals surface area contributed by atoms with Gasteiger partial charge in [0.15, 0.2) is 0 Å². The maximum Gasteiger partial charge on any atom is 0.332 e. The second kappa shape index (κ2) is 3.37. The molecule has 0 aliphatic rings. The molecule has 0 amide bonds. The highest BCUT2D eigenvalue weighted by atomic mass is 16.7. The molecular formula is C7H12O3. The molecule has 3 heteroatoms. The average Bonchev–Trinajstić information content (AvgIpc) is 1.87. The lowest BCUT2D eigenvalue weighted by Crippen LogP contribution is -2.29. The number of carbonyl (C=O) groups is 1. The Kier molecular flexibility index (Phi) is 3.09. The molecule has 0 aromatic heterocycles. The third kappa shape index (κ3) is 3.25. The molecule has 0 aliphatic carbocycles. The van der Waals surface area contributed by atoms with Crippen LogP contribution in [0, 0.1) is 0 Å². The third-order valence-corrected chi connectivity index (χ3v) is 1.00. The fraction of sp³-hybridized carbons (Fsp3) is 0.571. The minimum absolute atomic E-state index is 0.480. The van der Waals surface area contributed by atoms with E-state index in [0.717, 1.165) is 6.08 Å². The van der Waals surface area contributed by atoms with Gasteiger partial charge in [-0.05, 0) is 0 Å². The van der Waals surface area contributed by atoms with Crippen LogP contribution in [0.15, 0.2) is 12.7 Å². The summed E-state index contributed by atoms with van der Waals surface area (Å²) in [5.74, 6) is -1.34. The van der Waals surface area contributed by atoms with E-state index in [2.05, 4.69) is 6.58 Å². The van der Waals surface area contributed by atoms with E-state index >= 15 is 0 Å². The van der Waals surface area contributed by atoms with Gasteiger partial charge < -0.3 is 9.47 Å². The second-order valence-electron chi connectivity index (χ2n) is 2.23. The molecule has 0 N–H and O–H groups in total. The molecule has 0 spiro atoms. The van der Waals surface area contributed by atoms with Crippen LogP contribution in [0.25, 0.3) is 0 Å². The predicted molar refractivity (Wildman–Crippen MR) is 37.4 cm³/mol. The number of methoxy groups -OCH3 is 1. The largest absolute Gasteiger partial charge is 0.431 e. The van der Waals surface area contributed by atoms with Gasteiger partial charge in [-0.1, -0.05) is 6.58 Å². The van der Waals surface area contributed by atoms with E-state index < -0.39 is 11.8 Å². The lowest BCUT2D eigenvalue weighted by Gasteiger charge is -2.21. The summed E-state index contributed by atoms with van der Waals surface area (Å²) >= 11 is 0. The third-order valence-electron chi connectivity index (χ3n) is 1.00. The van der Waals surface area contributed by atoms with Crippen molar-refractivity contribution in [1.29, 1.82) is 0 Å². The fourth-order valence-corrected chi connectivity index (χ4v) is 0.326. The second-order valence-corrected chi connectivity index (χ2v) is 2.23. The van der Waals surface area contributed by atoms with Crippen LogP contribution in [0.5, 0.6) is 0 Å². The summed E-state index contributed by atoms with van der Waals surface area (Å²) in [5.41, 5.74) is 0. The molecule has 0 rings (SSSR count). The van der Waals surface area contributed by atoms with E-state index in [-0.39, 0.29) is 0 Å². The molecule has 0 bridgehead atoms. The lowest BCUT2D eigenvalue weighted by molar-refractivity contribution is -0.200. The summed E-state index contributed by atoms with van der Waals surface area (Å²) in [5, 5.41) is 0. The van der Waals surface area contributed by atoms with Crippen LogP contribution in [0.3, 0.4) is 0 Å². The molecule has 58 valence electrons. The van der Waals surface area contributed by atoms with Gasteiger partial charge in [-0.3, -0.25) is 0 Å². The molecule has 0 unspecified atom stereocenters. The average molecular weight is 144 g/mol. The molecule has 0 aromatic rings. The molecule has 0 aliphatic heterocycles. The number of ether oxygens (including phenoxy) is 2. The summed E-state index contributed by atoms with van der Waals surface area (Å²) in [7, 11) is 1.47. The van der Waals surface area contributed by atoms with Crippen LogP contribution in [0.1, 0.15) is 13.8 Å². The number of carbonyl (C=O) groups excluding carboxylic acids is 1. The van der Waals surface area contributed by atoms with Crippen molar-refractivity contribution < 1.29 is 14.3 Å². The van der Waals surface area contributed by atoms with Crippen molar-refractivity contribution in [2.24, 2.45) is 0 Å². The number of hydrogen-bond donors (Lipinski definition) is 0. The Bertz CT molecular complexity index is 138. The Balaban J connectivity index is 3.87. The smallest absolute Gasteiger partial charge is 0.332 e. The van der Waals surface area contributed by atoms with Crippen molar-refractivity contribution in [3.05, 3.63) is 12.7 Å². The molecule has 0 saturated carbocycles. The van der Waals surface area contributed by atoms with Gasteiger partial charge in [0, 0.05) is 27.0 Å². The van der Waals surface area contributed by atoms with Gasteiger partial charge in [-0.25, -0.2) is 4.79 Å². The predicted octanol–water partition coefficient (Wildman–Crippen LogP) is 1.10. The van der Waals surface area contributed by atoms with Crippen LogP contribution in [-0.2, 0) is 14.3 Å². The van der Waals surface area contributed by atoms with E-state index in [1.54, 1.807) is 13.8 Å². The topological polar surface area (TPSA) is 35.5 Å². The van der Waals surface area contributed by atoms with Crippen molar-refractivity contribution >= 4 is 5.97 Å². The Morgan fingerprint density at radius 3 is 2.40 bits per heavy atom. The van der Waals surface area contributed by atoms with Crippen molar-refractivity contribution in [3.63, 3.8) is 0 Å². The minimum atomic E-state index is -0.856. The maximum atomic E-state index is 10.6. The lowest BCUT2D eigenvalue weighted by atomic mass is 10.4. The van der Waals surface area contributed by atoms with Gasteiger partial charge >= 0.3 is 5.97 Å². The molecular weight excluding hydrogens is 132 g/mol. The summed E-state index contributed by atoms with van der Waals surface area (Å²) in [6.45, 7) is 6.54. The molecule has 10 heavy (non-hydrogen) atoms. The first-order valence-corrected chi connectivity index (χ1v) is 2.92. The van der Waals surface area contributed by atoms with E-state index in [1.165, 1.54) is 7.11 Å². The number of rotatable bonds is 3. The van der Waals surface area contributed by atoms with Crippen molar-refractivity contribution in [1.82, 2.24) is 0 Å². The van der Waals surface area contributed by atoms with Crippen molar-refractivity contribution in [2.45, 2.75) is 19.6 Å². The fourth-order valence-electron chi connectivity index (χ4n) is 0.326. The summed E-state index contributed by atoms with van der Waals surface area (Å²) in [6.07, 6.45) is 1.10. The van der Waals surface area contributed by atoms with Crippen LogP contribution in [0.4, 0.5) is 0 Å². The zero-order valence-corrected chi connectivity index (χ0v) is 6.51.